The number of rotatable bonds is 5. The van der Waals surface area contributed by atoms with Crippen molar-refractivity contribution < 1.29 is 9.90 Å². The molecule has 0 aliphatic heterocycles. The summed E-state index contributed by atoms with van der Waals surface area (Å²) in [5, 5.41) is 12.5. The lowest BCUT2D eigenvalue weighted by molar-refractivity contribution is 0.0911. The molecule has 1 heterocycles. The van der Waals surface area contributed by atoms with Gasteiger partial charge >= 0.3 is 0 Å². The van der Waals surface area contributed by atoms with Crippen LogP contribution in [0.5, 0.6) is 0 Å². The summed E-state index contributed by atoms with van der Waals surface area (Å²) in [6.45, 7) is 3.54. The molecule has 1 amide bonds. The number of aliphatic hydroxyl groups is 1. The highest BCUT2D eigenvalue weighted by Crippen LogP contribution is 2.17. The predicted octanol–water partition coefficient (Wildman–Crippen LogP) is 2.46. The van der Waals surface area contributed by atoms with Gasteiger partial charge in [-0.3, -0.25) is 4.79 Å². The zero-order valence-electron chi connectivity index (χ0n) is 12.5. The minimum Gasteiger partial charge on any atom is -0.394 e. The van der Waals surface area contributed by atoms with Crippen molar-refractivity contribution in [2.75, 3.05) is 6.61 Å². The molecule has 116 valence electrons. The van der Waals surface area contributed by atoms with Crippen LogP contribution in [0.1, 0.15) is 40.4 Å². The molecule has 0 bridgehead atoms. The fraction of sp³-hybridized carbons (Fsp3) is 0.312. The summed E-state index contributed by atoms with van der Waals surface area (Å²) >= 11 is 5.95. The van der Waals surface area contributed by atoms with Gasteiger partial charge in [0, 0.05) is 0 Å². The van der Waals surface area contributed by atoms with E-state index in [9.17, 15) is 9.90 Å². The fourth-order valence-corrected chi connectivity index (χ4v) is 2.24. The van der Waals surface area contributed by atoms with Crippen molar-refractivity contribution in [2.24, 2.45) is 0 Å². The highest BCUT2D eigenvalue weighted by molar-refractivity contribution is 6.33. The van der Waals surface area contributed by atoms with E-state index >= 15 is 0 Å². The van der Waals surface area contributed by atoms with Gasteiger partial charge in [0.1, 0.15) is 11.5 Å². The number of carbonyl (C=O) groups excluding carboxylic acids is 1. The van der Waals surface area contributed by atoms with Gasteiger partial charge in [0.05, 0.1) is 23.9 Å². The zero-order valence-corrected chi connectivity index (χ0v) is 13.3. The summed E-state index contributed by atoms with van der Waals surface area (Å²) in [6.07, 6.45) is 2.33. The van der Waals surface area contributed by atoms with Crippen LogP contribution in [0.15, 0.2) is 30.5 Å². The zero-order chi connectivity index (χ0) is 16.1. The molecule has 22 heavy (non-hydrogen) atoms. The van der Waals surface area contributed by atoms with E-state index in [1.165, 1.54) is 11.8 Å². The van der Waals surface area contributed by atoms with Crippen LogP contribution >= 0.6 is 11.6 Å². The van der Waals surface area contributed by atoms with Crippen LogP contribution in [0.2, 0.25) is 5.02 Å². The molecule has 2 rings (SSSR count). The van der Waals surface area contributed by atoms with E-state index in [0.717, 1.165) is 12.0 Å². The third-order valence-electron chi connectivity index (χ3n) is 3.36. The van der Waals surface area contributed by atoms with Gasteiger partial charge in [-0.25, -0.2) is 9.97 Å². The average Bonchev–Trinajstić information content (AvgIpc) is 2.54. The Labute approximate surface area is 134 Å². The third kappa shape index (κ3) is 3.81. The lowest BCUT2D eigenvalue weighted by Gasteiger charge is -2.17. The van der Waals surface area contributed by atoms with Crippen molar-refractivity contribution in [2.45, 2.75) is 26.3 Å². The third-order valence-corrected chi connectivity index (χ3v) is 3.63. The van der Waals surface area contributed by atoms with E-state index < -0.39 is 11.9 Å². The summed E-state index contributed by atoms with van der Waals surface area (Å²) < 4.78 is 0. The molecule has 1 atom stereocenters. The number of carbonyl (C=O) groups is 1. The molecule has 0 aliphatic carbocycles. The highest BCUT2D eigenvalue weighted by atomic mass is 35.5. The summed E-state index contributed by atoms with van der Waals surface area (Å²) in [5.41, 5.74) is 2.13. The Hall–Kier alpha value is -1.98. The molecule has 0 saturated heterocycles. The number of aliphatic hydroxyl groups excluding tert-OH is 1. The molecule has 5 nitrogen and oxygen atoms in total. The van der Waals surface area contributed by atoms with Crippen LogP contribution in [0, 0.1) is 6.92 Å². The monoisotopic (exact) mass is 319 g/mol. The molecule has 6 heteroatoms. The largest absolute Gasteiger partial charge is 0.394 e. The van der Waals surface area contributed by atoms with E-state index in [4.69, 9.17) is 11.6 Å². The van der Waals surface area contributed by atoms with Crippen molar-refractivity contribution in [3.05, 3.63) is 58.1 Å². The number of halogens is 1. The van der Waals surface area contributed by atoms with E-state index in [1.54, 1.807) is 6.92 Å². The molecule has 0 radical (unpaired) electrons. The number of aromatic nitrogens is 2. The summed E-state index contributed by atoms with van der Waals surface area (Å²) in [5.74, 6) is 0.0246. The number of nitrogens with one attached hydrogen (secondary N) is 1. The van der Waals surface area contributed by atoms with Crippen LogP contribution in [0.25, 0.3) is 0 Å². The van der Waals surface area contributed by atoms with E-state index in [1.807, 2.05) is 24.3 Å². The molecule has 0 fully saturated rings. The van der Waals surface area contributed by atoms with Gasteiger partial charge in [0.15, 0.2) is 0 Å². The van der Waals surface area contributed by atoms with Crippen molar-refractivity contribution in [1.29, 1.82) is 0 Å². The topological polar surface area (TPSA) is 75.1 Å². The first kappa shape index (κ1) is 16.4. The van der Waals surface area contributed by atoms with E-state index in [0.29, 0.717) is 5.82 Å². The van der Waals surface area contributed by atoms with Crippen molar-refractivity contribution in [3.63, 3.8) is 0 Å². The number of hydrogen-bond acceptors (Lipinski definition) is 4. The number of nitrogens with zero attached hydrogens (tertiary/aromatic N) is 2. The average molecular weight is 320 g/mol. The molecule has 0 spiro atoms. The quantitative estimate of drug-likeness (QED) is 0.887. The lowest BCUT2D eigenvalue weighted by atomic mass is 10.0. The van der Waals surface area contributed by atoms with Crippen LogP contribution < -0.4 is 5.32 Å². The maximum atomic E-state index is 12.3. The van der Waals surface area contributed by atoms with Crippen LogP contribution in [-0.2, 0) is 6.42 Å². The highest BCUT2D eigenvalue weighted by Gasteiger charge is 2.18. The molecule has 0 saturated carbocycles. The van der Waals surface area contributed by atoms with Crippen LogP contribution in [0.3, 0.4) is 0 Å². The van der Waals surface area contributed by atoms with Crippen LogP contribution in [-0.4, -0.2) is 27.6 Å². The Morgan fingerprint density at radius 2 is 2.05 bits per heavy atom. The molecular formula is C16H18ClN3O2. The van der Waals surface area contributed by atoms with Crippen LogP contribution in [0.4, 0.5) is 0 Å². The smallest absolute Gasteiger partial charge is 0.272 e. The second-order valence-corrected chi connectivity index (χ2v) is 5.32. The van der Waals surface area contributed by atoms with Gasteiger partial charge in [-0.2, -0.15) is 0 Å². The van der Waals surface area contributed by atoms with Gasteiger partial charge < -0.3 is 10.4 Å². The molecule has 2 N–H and O–H groups in total. The van der Waals surface area contributed by atoms with E-state index in [-0.39, 0.29) is 17.3 Å². The molecule has 2 aromatic rings. The second-order valence-electron chi connectivity index (χ2n) is 4.92. The van der Waals surface area contributed by atoms with Crippen molar-refractivity contribution in [3.8, 4) is 0 Å². The Balaban J connectivity index is 2.18. The molecule has 0 aliphatic rings. The summed E-state index contributed by atoms with van der Waals surface area (Å²) in [4.78, 5) is 20.3. The molecular weight excluding hydrogens is 302 g/mol. The van der Waals surface area contributed by atoms with Gasteiger partial charge in [-0.15, -0.1) is 0 Å². The first-order valence-electron chi connectivity index (χ1n) is 7.04. The standard InChI is InChI=1S/C16H18ClN3O2/c1-3-11-4-6-12(7-5-11)14(9-21)20-16(22)15-13(17)8-18-10(2)19-15/h4-8,14,21H,3,9H2,1-2H3,(H,20,22). The predicted molar refractivity (Wildman–Crippen MR) is 84.9 cm³/mol. The Kier molecular flexibility index (Phi) is 5.46. The van der Waals surface area contributed by atoms with E-state index in [2.05, 4.69) is 22.2 Å². The maximum absolute atomic E-state index is 12.3. The summed E-state index contributed by atoms with van der Waals surface area (Å²) in [7, 11) is 0. The molecule has 1 aromatic heterocycles. The van der Waals surface area contributed by atoms with Gasteiger partial charge in [0.25, 0.3) is 5.91 Å². The number of hydrogen-bond donors (Lipinski definition) is 2. The number of aryl methyl sites for hydroxylation is 2. The SMILES string of the molecule is CCc1ccc(C(CO)NC(=O)c2nc(C)ncc2Cl)cc1. The Morgan fingerprint density at radius 1 is 1.36 bits per heavy atom. The second kappa shape index (κ2) is 7.33. The summed E-state index contributed by atoms with van der Waals surface area (Å²) in [6, 6.07) is 7.24. The number of amides is 1. The fourth-order valence-electron chi connectivity index (χ4n) is 2.06. The van der Waals surface area contributed by atoms with Gasteiger partial charge in [-0.05, 0) is 24.5 Å². The Morgan fingerprint density at radius 3 is 2.64 bits per heavy atom. The molecule has 1 aromatic carbocycles. The molecule has 1 unspecified atom stereocenters. The first-order valence-corrected chi connectivity index (χ1v) is 7.42. The minimum absolute atomic E-state index is 0.109. The maximum Gasteiger partial charge on any atom is 0.272 e. The minimum atomic E-state index is -0.509. The first-order chi connectivity index (χ1) is 10.5. The van der Waals surface area contributed by atoms with Crippen molar-refractivity contribution in [1.82, 2.24) is 15.3 Å². The van der Waals surface area contributed by atoms with Gasteiger partial charge in [-0.1, -0.05) is 42.8 Å². The normalized spacial score (nSPS) is 12.0. The van der Waals surface area contributed by atoms with Gasteiger partial charge in [0.2, 0.25) is 0 Å². The Bertz CT molecular complexity index is 659. The lowest BCUT2D eigenvalue weighted by Crippen LogP contribution is -2.31. The van der Waals surface area contributed by atoms with Crippen molar-refractivity contribution >= 4 is 17.5 Å². The number of benzene rings is 1.